The smallest absolute Gasteiger partial charge is 0.229 e. The lowest BCUT2D eigenvalue weighted by Gasteiger charge is -2.34. The first-order chi connectivity index (χ1) is 15.3. The lowest BCUT2D eigenvalue weighted by Crippen LogP contribution is -2.39. The number of fused-ring (bicyclic) bond motifs is 4. The van der Waals surface area contributed by atoms with Crippen molar-refractivity contribution in [1.82, 2.24) is 15.0 Å². The molecule has 2 aromatic heterocycles. The second kappa shape index (κ2) is 7.05. The second-order valence-electron chi connectivity index (χ2n) is 7.59. The molecule has 0 amide bonds. The topological polar surface area (TPSA) is 69.2 Å². The van der Waals surface area contributed by atoms with Crippen LogP contribution in [0.5, 0.6) is 0 Å². The fourth-order valence-electron chi connectivity index (χ4n) is 4.22. The van der Waals surface area contributed by atoms with Crippen molar-refractivity contribution in [2.45, 2.75) is 6.42 Å². The molecule has 0 unspecified atom stereocenters. The molecule has 4 aromatic rings. The van der Waals surface area contributed by atoms with Crippen LogP contribution in [-0.4, -0.2) is 33.9 Å². The maximum absolute atomic E-state index is 14.1. The Morgan fingerprint density at radius 2 is 2.00 bits per heavy atom. The van der Waals surface area contributed by atoms with E-state index in [1.165, 1.54) is 6.07 Å². The molecule has 2 N–H and O–H groups in total. The third-order valence-corrected chi connectivity index (χ3v) is 5.65. The number of aromatic amines is 1. The largest absolute Gasteiger partial charge is 0.361 e. The van der Waals surface area contributed by atoms with Gasteiger partial charge in [-0.15, -0.1) is 0 Å². The highest BCUT2D eigenvalue weighted by atomic mass is 19.1. The van der Waals surface area contributed by atoms with Crippen LogP contribution in [0.1, 0.15) is 17.5 Å². The van der Waals surface area contributed by atoms with Crippen LogP contribution in [0, 0.1) is 5.82 Å². The molecule has 0 bridgehead atoms. The number of anilines is 3. The molecule has 31 heavy (non-hydrogen) atoms. The van der Waals surface area contributed by atoms with E-state index in [0.717, 1.165) is 58.8 Å². The summed E-state index contributed by atoms with van der Waals surface area (Å²) in [7, 11) is 0. The van der Waals surface area contributed by atoms with Gasteiger partial charge < -0.3 is 15.2 Å². The average molecular weight is 410 g/mol. The standard InChI is InChI=1S/C24H19FN6/c25-19-6-1-2-7-21(19)29-24-28-14-15-13-18(16-5-3-8-20-17(16)9-11-26-20)23-27-10-4-12-31(23)22(15)30-24/h1-3,5-9,11,13-14,26H,4,10,12H2,(H,28,29,30). The molecule has 0 atom stereocenters. The second-order valence-corrected chi connectivity index (χ2v) is 7.59. The fourth-order valence-corrected chi connectivity index (χ4v) is 4.22. The number of amidine groups is 1. The van der Waals surface area contributed by atoms with Crippen LogP contribution in [0.3, 0.4) is 0 Å². The first-order valence-electron chi connectivity index (χ1n) is 10.3. The SMILES string of the molecule is Fc1ccccc1Nc1ncc2c(n1)N1CCCN=C1C(c1cccc3[nH]ccc13)=C2. The molecule has 0 radical (unpaired) electrons. The molecule has 0 spiro atoms. The van der Waals surface area contributed by atoms with E-state index in [-0.39, 0.29) is 5.82 Å². The number of hydrogen-bond acceptors (Lipinski definition) is 5. The van der Waals surface area contributed by atoms with Crippen molar-refractivity contribution < 1.29 is 4.39 Å². The van der Waals surface area contributed by atoms with Gasteiger partial charge in [-0.05, 0) is 42.3 Å². The number of para-hydroxylation sites is 1. The highest BCUT2D eigenvalue weighted by Gasteiger charge is 2.30. The normalized spacial score (nSPS) is 15.2. The Morgan fingerprint density at radius 1 is 1.06 bits per heavy atom. The Kier molecular flexibility index (Phi) is 4.06. The molecule has 0 saturated carbocycles. The molecule has 152 valence electrons. The van der Waals surface area contributed by atoms with E-state index in [9.17, 15) is 4.39 Å². The number of rotatable bonds is 3. The highest BCUT2D eigenvalue weighted by molar-refractivity contribution is 6.36. The summed E-state index contributed by atoms with van der Waals surface area (Å²) in [5.74, 6) is 1.73. The quantitative estimate of drug-likeness (QED) is 0.499. The van der Waals surface area contributed by atoms with Crippen molar-refractivity contribution in [3.63, 3.8) is 0 Å². The third-order valence-electron chi connectivity index (χ3n) is 5.65. The summed E-state index contributed by atoms with van der Waals surface area (Å²) in [5.41, 5.74) is 4.55. The van der Waals surface area contributed by atoms with Gasteiger partial charge in [0.1, 0.15) is 17.5 Å². The summed E-state index contributed by atoms with van der Waals surface area (Å²) < 4.78 is 14.1. The van der Waals surface area contributed by atoms with Gasteiger partial charge in [0, 0.05) is 47.5 Å². The van der Waals surface area contributed by atoms with Crippen LogP contribution in [0.25, 0.3) is 22.6 Å². The van der Waals surface area contributed by atoms with Crippen LogP contribution in [0.2, 0.25) is 0 Å². The third kappa shape index (κ3) is 2.97. The Hall–Kier alpha value is -4.00. The van der Waals surface area contributed by atoms with Crippen molar-refractivity contribution in [1.29, 1.82) is 0 Å². The van der Waals surface area contributed by atoms with Gasteiger partial charge in [0.25, 0.3) is 0 Å². The molecule has 2 aliphatic heterocycles. The van der Waals surface area contributed by atoms with Crippen LogP contribution >= 0.6 is 0 Å². The first-order valence-corrected chi connectivity index (χ1v) is 10.3. The lowest BCUT2D eigenvalue weighted by atomic mass is 9.95. The molecular formula is C24H19FN6. The van der Waals surface area contributed by atoms with Crippen molar-refractivity contribution in [3.8, 4) is 0 Å². The van der Waals surface area contributed by atoms with E-state index < -0.39 is 0 Å². The summed E-state index contributed by atoms with van der Waals surface area (Å²) in [5, 5.41) is 4.15. The summed E-state index contributed by atoms with van der Waals surface area (Å²) >= 11 is 0. The summed E-state index contributed by atoms with van der Waals surface area (Å²) in [6.45, 7) is 1.61. The zero-order valence-corrected chi connectivity index (χ0v) is 16.6. The van der Waals surface area contributed by atoms with E-state index in [1.807, 2.05) is 6.20 Å². The van der Waals surface area contributed by atoms with Gasteiger partial charge in [-0.2, -0.15) is 4.98 Å². The van der Waals surface area contributed by atoms with Crippen LogP contribution in [-0.2, 0) is 0 Å². The van der Waals surface area contributed by atoms with Gasteiger partial charge in [0.2, 0.25) is 5.95 Å². The Bertz CT molecular complexity index is 1370. The zero-order chi connectivity index (χ0) is 20.8. The molecule has 6 rings (SSSR count). The Morgan fingerprint density at radius 3 is 2.94 bits per heavy atom. The minimum Gasteiger partial charge on any atom is -0.361 e. The van der Waals surface area contributed by atoms with Gasteiger partial charge in [0.15, 0.2) is 0 Å². The van der Waals surface area contributed by atoms with E-state index >= 15 is 0 Å². The molecule has 0 aliphatic carbocycles. The van der Waals surface area contributed by atoms with Gasteiger partial charge in [0.05, 0.1) is 5.69 Å². The molecule has 0 fully saturated rings. The molecule has 7 heteroatoms. The molecule has 0 saturated heterocycles. The Balaban J connectivity index is 1.47. The summed E-state index contributed by atoms with van der Waals surface area (Å²) in [6.07, 6.45) is 6.79. The molecule has 2 aromatic carbocycles. The number of nitrogens with zero attached hydrogens (tertiary/aromatic N) is 4. The van der Waals surface area contributed by atoms with E-state index in [0.29, 0.717) is 11.6 Å². The molecule has 6 nitrogen and oxygen atoms in total. The first kappa shape index (κ1) is 17.8. The number of hydrogen-bond donors (Lipinski definition) is 2. The monoisotopic (exact) mass is 410 g/mol. The number of halogens is 1. The van der Waals surface area contributed by atoms with Gasteiger partial charge in [-0.1, -0.05) is 24.3 Å². The van der Waals surface area contributed by atoms with E-state index in [2.05, 4.69) is 50.5 Å². The minimum absolute atomic E-state index is 0.342. The number of H-pyrrole nitrogens is 1. The zero-order valence-electron chi connectivity index (χ0n) is 16.6. The van der Waals surface area contributed by atoms with Crippen molar-refractivity contribution in [2.24, 2.45) is 4.99 Å². The summed E-state index contributed by atoms with van der Waals surface area (Å²) in [6, 6.07) is 14.8. The van der Waals surface area contributed by atoms with Gasteiger partial charge in [-0.3, -0.25) is 4.99 Å². The molecular weight excluding hydrogens is 391 g/mol. The van der Waals surface area contributed by atoms with Crippen molar-refractivity contribution in [2.75, 3.05) is 23.3 Å². The number of aromatic nitrogens is 3. The number of aliphatic imine (C=N–C) groups is 1. The minimum atomic E-state index is -0.342. The van der Waals surface area contributed by atoms with Gasteiger partial charge in [-0.25, -0.2) is 9.37 Å². The summed E-state index contributed by atoms with van der Waals surface area (Å²) in [4.78, 5) is 19.4. The number of nitrogens with one attached hydrogen (secondary N) is 2. The lowest BCUT2D eigenvalue weighted by molar-refractivity contribution is 0.631. The van der Waals surface area contributed by atoms with Crippen LogP contribution in [0.15, 0.2) is 65.9 Å². The van der Waals surface area contributed by atoms with Gasteiger partial charge >= 0.3 is 0 Å². The maximum atomic E-state index is 14.1. The van der Waals surface area contributed by atoms with Crippen LogP contribution in [0.4, 0.5) is 21.8 Å². The van der Waals surface area contributed by atoms with Crippen LogP contribution < -0.4 is 10.2 Å². The van der Waals surface area contributed by atoms with E-state index in [4.69, 9.17) is 9.98 Å². The molecule has 4 heterocycles. The number of benzene rings is 2. The maximum Gasteiger partial charge on any atom is 0.229 e. The Labute approximate surface area is 178 Å². The predicted octanol–water partition coefficient (Wildman–Crippen LogP) is 5.00. The highest BCUT2D eigenvalue weighted by Crippen LogP contribution is 2.37. The average Bonchev–Trinajstić information content (AvgIpc) is 3.29. The van der Waals surface area contributed by atoms with Crippen molar-refractivity contribution in [3.05, 3.63) is 77.9 Å². The molecule has 2 aliphatic rings. The fraction of sp³-hybridized carbons (Fsp3) is 0.125. The predicted molar refractivity (Wildman–Crippen MR) is 122 cm³/mol. The van der Waals surface area contributed by atoms with Crippen molar-refractivity contribution >= 4 is 45.8 Å². The van der Waals surface area contributed by atoms with E-state index in [1.54, 1.807) is 24.4 Å².